The van der Waals surface area contributed by atoms with Gasteiger partial charge >= 0.3 is 0 Å². The van der Waals surface area contributed by atoms with Crippen molar-refractivity contribution in [2.24, 2.45) is 0 Å². The van der Waals surface area contributed by atoms with E-state index in [-0.39, 0.29) is 17.9 Å². The average molecular weight is 548 g/mol. The van der Waals surface area contributed by atoms with Crippen LogP contribution in [-0.2, 0) is 0 Å². The van der Waals surface area contributed by atoms with Crippen molar-refractivity contribution in [2.45, 2.75) is 25.8 Å². The van der Waals surface area contributed by atoms with E-state index in [1.165, 1.54) is 11.1 Å². The van der Waals surface area contributed by atoms with E-state index in [1.807, 2.05) is 41.3 Å². The Kier molecular flexibility index (Phi) is 9.45. The largest absolute Gasteiger partial charge is 0.494 e. The first-order valence-electron chi connectivity index (χ1n) is 14.4. The predicted molar refractivity (Wildman–Crippen MR) is 163 cm³/mol. The molecule has 0 unspecified atom stereocenters. The van der Waals surface area contributed by atoms with E-state index in [0.29, 0.717) is 42.3 Å². The van der Waals surface area contributed by atoms with Gasteiger partial charge in [-0.05, 0) is 47.9 Å². The van der Waals surface area contributed by atoms with E-state index in [9.17, 15) is 9.59 Å². The van der Waals surface area contributed by atoms with Gasteiger partial charge in [0.25, 0.3) is 11.8 Å². The molecule has 0 saturated carbocycles. The molecule has 4 aromatic carbocycles. The summed E-state index contributed by atoms with van der Waals surface area (Å²) in [5.41, 5.74) is 3.97. The summed E-state index contributed by atoms with van der Waals surface area (Å²) in [5.74, 6) is 0.315. The van der Waals surface area contributed by atoms with Crippen LogP contribution in [0.25, 0.3) is 0 Å². The Morgan fingerprint density at radius 2 is 1.41 bits per heavy atom. The SMILES string of the molecule is CCCCOc1cccc(C(=O)Nc2ccccc2C(=O)N2CCN(C(c3ccccc3)c3ccccc3)CC2)c1. The molecule has 1 fully saturated rings. The summed E-state index contributed by atoms with van der Waals surface area (Å²) in [6, 6.07) is 35.6. The molecule has 1 N–H and O–H groups in total. The lowest BCUT2D eigenvalue weighted by atomic mass is 9.96. The fraction of sp³-hybridized carbons (Fsp3) is 0.257. The minimum Gasteiger partial charge on any atom is -0.494 e. The zero-order valence-electron chi connectivity index (χ0n) is 23.5. The number of benzene rings is 4. The second-order valence-electron chi connectivity index (χ2n) is 10.3. The number of ether oxygens (including phenoxy) is 1. The smallest absolute Gasteiger partial charge is 0.256 e. The fourth-order valence-corrected chi connectivity index (χ4v) is 5.27. The quantitative estimate of drug-likeness (QED) is 0.225. The van der Waals surface area contributed by atoms with Gasteiger partial charge in [0.05, 0.1) is 23.9 Å². The summed E-state index contributed by atoms with van der Waals surface area (Å²) in [7, 11) is 0. The van der Waals surface area contributed by atoms with Crippen molar-refractivity contribution in [3.63, 3.8) is 0 Å². The topological polar surface area (TPSA) is 61.9 Å². The molecule has 1 aliphatic heterocycles. The maximum absolute atomic E-state index is 13.7. The van der Waals surface area contributed by atoms with Crippen molar-refractivity contribution >= 4 is 17.5 Å². The van der Waals surface area contributed by atoms with Gasteiger partial charge in [-0.15, -0.1) is 0 Å². The van der Waals surface area contributed by atoms with Crippen LogP contribution in [0, 0.1) is 0 Å². The molecule has 2 amide bonds. The molecule has 0 spiro atoms. The van der Waals surface area contributed by atoms with Gasteiger partial charge in [0.1, 0.15) is 5.75 Å². The number of rotatable bonds is 10. The van der Waals surface area contributed by atoms with Gasteiger partial charge in [-0.25, -0.2) is 0 Å². The molecule has 41 heavy (non-hydrogen) atoms. The number of amides is 2. The molecule has 1 aliphatic rings. The molecule has 0 aromatic heterocycles. The molecular formula is C35H37N3O3. The van der Waals surface area contributed by atoms with Crippen LogP contribution >= 0.6 is 0 Å². The highest BCUT2D eigenvalue weighted by atomic mass is 16.5. The van der Waals surface area contributed by atoms with Gasteiger partial charge in [-0.3, -0.25) is 14.5 Å². The number of hydrogen-bond acceptors (Lipinski definition) is 4. The molecule has 0 atom stereocenters. The van der Waals surface area contributed by atoms with Crippen LogP contribution in [0.5, 0.6) is 5.75 Å². The lowest BCUT2D eigenvalue weighted by Gasteiger charge is -2.40. The van der Waals surface area contributed by atoms with E-state index in [2.05, 4.69) is 65.7 Å². The van der Waals surface area contributed by atoms with Gasteiger partial charge in [-0.1, -0.05) is 92.2 Å². The minimum atomic E-state index is -0.274. The van der Waals surface area contributed by atoms with Gasteiger partial charge in [0.15, 0.2) is 0 Å². The Bertz CT molecular complexity index is 1390. The number of piperazine rings is 1. The van der Waals surface area contributed by atoms with Crippen molar-refractivity contribution < 1.29 is 14.3 Å². The molecule has 0 bridgehead atoms. The number of nitrogens with zero attached hydrogens (tertiary/aromatic N) is 2. The van der Waals surface area contributed by atoms with Crippen molar-refractivity contribution in [1.29, 1.82) is 0 Å². The van der Waals surface area contributed by atoms with E-state index < -0.39 is 0 Å². The number of hydrogen-bond donors (Lipinski definition) is 1. The molecule has 6 heteroatoms. The summed E-state index contributed by atoms with van der Waals surface area (Å²) in [6.07, 6.45) is 2.00. The van der Waals surface area contributed by atoms with Crippen molar-refractivity contribution in [2.75, 3.05) is 38.1 Å². The van der Waals surface area contributed by atoms with Crippen LogP contribution in [-0.4, -0.2) is 54.4 Å². The molecule has 4 aromatic rings. The second kappa shape index (κ2) is 13.8. The Labute approximate surface area is 242 Å². The standard InChI is InChI=1S/C35H37N3O3/c1-2-3-25-41-30-18-12-17-29(26-30)34(39)36-32-20-11-10-19-31(32)35(40)38-23-21-37(22-24-38)33(27-13-6-4-7-14-27)28-15-8-5-9-16-28/h4-20,26,33H,2-3,21-25H2,1H3,(H,36,39). The van der Waals surface area contributed by atoms with Crippen molar-refractivity contribution in [1.82, 2.24) is 9.80 Å². The summed E-state index contributed by atoms with van der Waals surface area (Å²) in [4.78, 5) is 31.2. The highest BCUT2D eigenvalue weighted by Crippen LogP contribution is 2.30. The Hall–Kier alpha value is -4.42. The van der Waals surface area contributed by atoms with Crippen molar-refractivity contribution in [3.05, 3.63) is 131 Å². The van der Waals surface area contributed by atoms with E-state index in [1.54, 1.807) is 24.3 Å². The number of carbonyl (C=O) groups excluding carboxylic acids is 2. The minimum absolute atomic E-state index is 0.0758. The van der Waals surface area contributed by atoms with Gasteiger partial charge < -0.3 is 15.0 Å². The normalized spacial score (nSPS) is 13.7. The van der Waals surface area contributed by atoms with Gasteiger partial charge in [0, 0.05) is 31.7 Å². The molecule has 0 aliphatic carbocycles. The monoisotopic (exact) mass is 547 g/mol. The predicted octanol–water partition coefficient (Wildman–Crippen LogP) is 6.67. The second-order valence-corrected chi connectivity index (χ2v) is 10.3. The molecular weight excluding hydrogens is 510 g/mol. The third-order valence-corrected chi connectivity index (χ3v) is 7.47. The maximum Gasteiger partial charge on any atom is 0.256 e. The number of unbranched alkanes of at least 4 members (excludes halogenated alkanes) is 1. The number of anilines is 1. The first kappa shape index (κ1) is 28.1. The molecule has 1 heterocycles. The molecule has 1 saturated heterocycles. The van der Waals surface area contributed by atoms with E-state index >= 15 is 0 Å². The van der Waals surface area contributed by atoms with Gasteiger partial charge in [-0.2, -0.15) is 0 Å². The summed E-state index contributed by atoms with van der Waals surface area (Å²) < 4.78 is 5.77. The van der Waals surface area contributed by atoms with Crippen LogP contribution in [0.3, 0.4) is 0 Å². The van der Waals surface area contributed by atoms with Crippen LogP contribution in [0.1, 0.15) is 57.7 Å². The van der Waals surface area contributed by atoms with Crippen LogP contribution < -0.4 is 10.1 Å². The van der Waals surface area contributed by atoms with Crippen LogP contribution in [0.4, 0.5) is 5.69 Å². The fourth-order valence-electron chi connectivity index (χ4n) is 5.27. The molecule has 6 nitrogen and oxygen atoms in total. The van der Waals surface area contributed by atoms with Crippen molar-refractivity contribution in [3.8, 4) is 5.75 Å². The highest BCUT2D eigenvalue weighted by Gasteiger charge is 2.29. The third-order valence-electron chi connectivity index (χ3n) is 7.47. The summed E-state index contributed by atoms with van der Waals surface area (Å²) in [5, 5.41) is 2.96. The Morgan fingerprint density at radius 1 is 0.780 bits per heavy atom. The summed E-state index contributed by atoms with van der Waals surface area (Å²) in [6.45, 7) is 5.43. The zero-order valence-corrected chi connectivity index (χ0v) is 23.5. The molecule has 210 valence electrons. The number of carbonyl (C=O) groups is 2. The Morgan fingerprint density at radius 3 is 2.07 bits per heavy atom. The zero-order chi connectivity index (χ0) is 28.4. The number of nitrogens with one attached hydrogen (secondary N) is 1. The van der Waals surface area contributed by atoms with Crippen LogP contribution in [0.15, 0.2) is 109 Å². The lowest BCUT2D eigenvalue weighted by molar-refractivity contribution is 0.0598. The Balaban J connectivity index is 1.26. The van der Waals surface area contributed by atoms with E-state index in [0.717, 1.165) is 25.9 Å². The van der Waals surface area contributed by atoms with Gasteiger partial charge in [0.2, 0.25) is 0 Å². The van der Waals surface area contributed by atoms with E-state index in [4.69, 9.17) is 4.74 Å². The third kappa shape index (κ3) is 7.02. The molecule has 0 radical (unpaired) electrons. The summed E-state index contributed by atoms with van der Waals surface area (Å²) >= 11 is 0. The highest BCUT2D eigenvalue weighted by molar-refractivity contribution is 6.09. The molecule has 5 rings (SSSR count). The number of para-hydroxylation sites is 1. The average Bonchev–Trinajstić information content (AvgIpc) is 3.03. The first-order valence-corrected chi connectivity index (χ1v) is 14.4. The lowest BCUT2D eigenvalue weighted by Crippen LogP contribution is -2.50. The van der Waals surface area contributed by atoms with Crippen LogP contribution in [0.2, 0.25) is 0 Å². The maximum atomic E-state index is 13.7. The first-order chi connectivity index (χ1) is 20.1.